The van der Waals surface area contributed by atoms with Gasteiger partial charge in [0.25, 0.3) is 0 Å². The molecule has 3 atom stereocenters. The Bertz CT molecular complexity index is 208. The second-order valence-electron chi connectivity index (χ2n) is 4.37. The van der Waals surface area contributed by atoms with Crippen molar-refractivity contribution in [1.29, 1.82) is 0 Å². The molecule has 1 rings (SSSR count). The summed E-state index contributed by atoms with van der Waals surface area (Å²) in [5.74, 6) is 0.194. The first-order chi connectivity index (χ1) is 7.13. The van der Waals surface area contributed by atoms with Gasteiger partial charge in [-0.15, -0.1) is 0 Å². The van der Waals surface area contributed by atoms with E-state index in [0.29, 0.717) is 25.5 Å². The van der Waals surface area contributed by atoms with Crippen LogP contribution < -0.4 is 5.32 Å². The highest BCUT2D eigenvalue weighted by Crippen LogP contribution is 2.10. The van der Waals surface area contributed by atoms with Gasteiger partial charge in [-0.3, -0.25) is 4.79 Å². The summed E-state index contributed by atoms with van der Waals surface area (Å²) < 4.78 is 5.18. The quantitative estimate of drug-likeness (QED) is 0.662. The monoisotopic (exact) mass is 215 g/mol. The van der Waals surface area contributed by atoms with E-state index in [1.54, 1.807) is 0 Å². The van der Waals surface area contributed by atoms with Gasteiger partial charge in [0.2, 0.25) is 0 Å². The highest BCUT2D eigenvalue weighted by Gasteiger charge is 2.29. The molecule has 0 bridgehead atoms. The number of nitrogens with one attached hydrogen (secondary N) is 1. The Hall–Kier alpha value is -0.610. The summed E-state index contributed by atoms with van der Waals surface area (Å²) in [6.45, 7) is 5.17. The predicted molar refractivity (Wildman–Crippen MR) is 57.4 cm³/mol. The number of rotatable bonds is 5. The summed E-state index contributed by atoms with van der Waals surface area (Å²) in [5, 5.41) is 12.2. The molecule has 0 spiro atoms. The first-order valence-corrected chi connectivity index (χ1v) is 5.71. The minimum Gasteiger partial charge on any atom is -0.464 e. The molecule has 1 fully saturated rings. The van der Waals surface area contributed by atoms with Gasteiger partial charge in [-0.05, 0) is 12.3 Å². The van der Waals surface area contributed by atoms with Crippen LogP contribution in [0.4, 0.5) is 0 Å². The topological polar surface area (TPSA) is 58.6 Å². The number of carbonyl (C=O) groups excluding carboxylic acids is 1. The third kappa shape index (κ3) is 4.18. The van der Waals surface area contributed by atoms with E-state index < -0.39 is 6.10 Å². The standard InChI is InChI=1S/C11H21NO3/c1-3-4-8(2)7-15-11(14)10-5-9(13)6-12-10/h8-10,12-13H,3-7H2,1-2H3. The van der Waals surface area contributed by atoms with Crippen molar-refractivity contribution in [3.8, 4) is 0 Å². The van der Waals surface area contributed by atoms with E-state index in [2.05, 4.69) is 19.2 Å². The highest BCUT2D eigenvalue weighted by atomic mass is 16.5. The average Bonchev–Trinajstić information content (AvgIpc) is 2.62. The van der Waals surface area contributed by atoms with Crippen LogP contribution in [-0.2, 0) is 9.53 Å². The van der Waals surface area contributed by atoms with E-state index in [9.17, 15) is 9.90 Å². The summed E-state index contributed by atoms with van der Waals surface area (Å²) in [5.41, 5.74) is 0. The van der Waals surface area contributed by atoms with Crippen LogP contribution >= 0.6 is 0 Å². The average molecular weight is 215 g/mol. The van der Waals surface area contributed by atoms with Crippen LogP contribution in [-0.4, -0.2) is 36.4 Å². The summed E-state index contributed by atoms with van der Waals surface area (Å²) in [4.78, 5) is 11.5. The lowest BCUT2D eigenvalue weighted by Crippen LogP contribution is -2.33. The van der Waals surface area contributed by atoms with Crippen molar-refractivity contribution < 1.29 is 14.6 Å². The fourth-order valence-corrected chi connectivity index (χ4v) is 1.80. The molecule has 15 heavy (non-hydrogen) atoms. The van der Waals surface area contributed by atoms with E-state index in [1.807, 2.05) is 0 Å². The minimum atomic E-state index is -0.407. The molecule has 88 valence electrons. The van der Waals surface area contributed by atoms with E-state index in [4.69, 9.17) is 4.74 Å². The maximum absolute atomic E-state index is 11.5. The number of esters is 1. The van der Waals surface area contributed by atoms with E-state index in [1.165, 1.54) is 0 Å². The van der Waals surface area contributed by atoms with Crippen molar-refractivity contribution >= 4 is 5.97 Å². The molecular formula is C11H21NO3. The van der Waals surface area contributed by atoms with Crippen LogP contribution in [0.5, 0.6) is 0 Å². The number of hydrogen-bond acceptors (Lipinski definition) is 4. The fourth-order valence-electron chi connectivity index (χ4n) is 1.80. The third-order valence-corrected chi connectivity index (χ3v) is 2.68. The van der Waals surface area contributed by atoms with Crippen molar-refractivity contribution in [3.63, 3.8) is 0 Å². The molecule has 4 nitrogen and oxygen atoms in total. The van der Waals surface area contributed by atoms with E-state index >= 15 is 0 Å². The number of carbonyl (C=O) groups is 1. The molecule has 0 aromatic rings. The van der Waals surface area contributed by atoms with Gasteiger partial charge in [0, 0.05) is 13.0 Å². The predicted octanol–water partition coefficient (Wildman–Crippen LogP) is 0.689. The number of aliphatic hydroxyl groups excluding tert-OH is 1. The SMILES string of the molecule is CCCC(C)COC(=O)C1CC(O)CN1. The van der Waals surface area contributed by atoms with Gasteiger partial charge in [0.15, 0.2) is 0 Å². The summed E-state index contributed by atoms with van der Waals surface area (Å²) in [7, 11) is 0. The van der Waals surface area contributed by atoms with Gasteiger partial charge in [0.05, 0.1) is 12.7 Å². The molecule has 3 unspecified atom stereocenters. The third-order valence-electron chi connectivity index (χ3n) is 2.68. The van der Waals surface area contributed by atoms with E-state index in [0.717, 1.165) is 12.8 Å². The molecule has 1 saturated heterocycles. The highest BCUT2D eigenvalue weighted by molar-refractivity contribution is 5.76. The first-order valence-electron chi connectivity index (χ1n) is 5.71. The lowest BCUT2D eigenvalue weighted by Gasteiger charge is -2.13. The van der Waals surface area contributed by atoms with Crippen molar-refractivity contribution in [2.45, 2.75) is 45.3 Å². The maximum Gasteiger partial charge on any atom is 0.323 e. The fraction of sp³-hybridized carbons (Fsp3) is 0.909. The molecule has 0 amide bonds. The molecule has 1 aliphatic rings. The van der Waals surface area contributed by atoms with Crippen LogP contribution in [0.25, 0.3) is 0 Å². The normalized spacial score (nSPS) is 27.7. The number of aliphatic hydroxyl groups is 1. The number of hydrogen-bond donors (Lipinski definition) is 2. The molecule has 1 aliphatic heterocycles. The van der Waals surface area contributed by atoms with Gasteiger partial charge in [-0.1, -0.05) is 20.3 Å². The maximum atomic E-state index is 11.5. The lowest BCUT2D eigenvalue weighted by molar-refractivity contribution is -0.147. The second kappa shape index (κ2) is 6.08. The smallest absolute Gasteiger partial charge is 0.323 e. The molecular weight excluding hydrogens is 194 g/mol. The Labute approximate surface area is 91.0 Å². The zero-order chi connectivity index (χ0) is 11.3. The molecule has 0 aromatic heterocycles. The summed E-state index contributed by atoms with van der Waals surface area (Å²) >= 11 is 0. The number of β-amino-alcohol motifs (C(OH)–C–C–N with tert-alkyl or cyclic N) is 1. The zero-order valence-corrected chi connectivity index (χ0v) is 9.53. The Morgan fingerprint density at radius 3 is 2.93 bits per heavy atom. The summed E-state index contributed by atoms with van der Waals surface area (Å²) in [6.07, 6.45) is 2.25. The minimum absolute atomic E-state index is 0.227. The molecule has 2 N–H and O–H groups in total. The Kier molecular flexibility index (Phi) is 5.05. The van der Waals surface area contributed by atoms with Gasteiger partial charge in [0.1, 0.15) is 6.04 Å². The van der Waals surface area contributed by atoms with Gasteiger partial charge in [-0.25, -0.2) is 0 Å². The summed E-state index contributed by atoms with van der Waals surface area (Å²) in [6, 6.07) is -0.311. The van der Waals surface area contributed by atoms with Gasteiger partial charge < -0.3 is 15.2 Å². The molecule has 1 heterocycles. The van der Waals surface area contributed by atoms with Crippen LogP contribution in [0.2, 0.25) is 0 Å². The van der Waals surface area contributed by atoms with Crippen molar-refractivity contribution in [3.05, 3.63) is 0 Å². The van der Waals surface area contributed by atoms with Crippen molar-refractivity contribution in [2.75, 3.05) is 13.2 Å². The molecule has 0 aliphatic carbocycles. The van der Waals surface area contributed by atoms with Crippen LogP contribution in [0.15, 0.2) is 0 Å². The van der Waals surface area contributed by atoms with Gasteiger partial charge in [-0.2, -0.15) is 0 Å². The number of ether oxygens (including phenoxy) is 1. The van der Waals surface area contributed by atoms with E-state index in [-0.39, 0.29) is 12.0 Å². The van der Waals surface area contributed by atoms with Crippen molar-refractivity contribution in [1.82, 2.24) is 5.32 Å². The van der Waals surface area contributed by atoms with Gasteiger partial charge >= 0.3 is 5.97 Å². The van der Waals surface area contributed by atoms with Crippen LogP contribution in [0.1, 0.15) is 33.1 Å². The first kappa shape index (κ1) is 12.5. The molecule has 0 radical (unpaired) electrons. The molecule has 4 heteroatoms. The molecule has 0 aromatic carbocycles. The Morgan fingerprint density at radius 1 is 1.67 bits per heavy atom. The molecule has 0 saturated carbocycles. The van der Waals surface area contributed by atoms with Crippen LogP contribution in [0.3, 0.4) is 0 Å². The van der Waals surface area contributed by atoms with Crippen LogP contribution in [0, 0.1) is 5.92 Å². The Morgan fingerprint density at radius 2 is 2.40 bits per heavy atom. The Balaban J connectivity index is 2.18. The van der Waals surface area contributed by atoms with Crippen molar-refractivity contribution in [2.24, 2.45) is 5.92 Å². The largest absolute Gasteiger partial charge is 0.464 e. The lowest BCUT2D eigenvalue weighted by atomic mass is 10.1. The second-order valence-corrected chi connectivity index (χ2v) is 4.37. The zero-order valence-electron chi connectivity index (χ0n) is 9.53.